The number of hydrogen-bond acceptors (Lipinski definition) is 0. The predicted molar refractivity (Wildman–Crippen MR) is 50.3 cm³/mol. The molecule has 0 aromatic carbocycles. The van der Waals surface area contributed by atoms with Gasteiger partial charge in [0.15, 0.2) is 0 Å². The topological polar surface area (TPSA) is 0 Å². The molecule has 0 aromatic rings. The van der Waals surface area contributed by atoms with Crippen LogP contribution in [0, 0.1) is 12.3 Å². The lowest BCUT2D eigenvalue weighted by atomic mass is 10.0. The van der Waals surface area contributed by atoms with Crippen molar-refractivity contribution < 1.29 is 0 Å². The molecule has 0 rings (SSSR count). The standard InChI is InChI=1S/C7H13Br2/c1-2-3-7(6-9)4-5-8/h4,7H,2-3,5-6H2,1H3. The summed E-state index contributed by atoms with van der Waals surface area (Å²) in [5.41, 5.74) is 0. The summed E-state index contributed by atoms with van der Waals surface area (Å²) in [6.07, 6.45) is 4.88. The Morgan fingerprint density at radius 3 is 2.44 bits per heavy atom. The molecule has 1 atom stereocenters. The van der Waals surface area contributed by atoms with Gasteiger partial charge in [-0.15, -0.1) is 0 Å². The van der Waals surface area contributed by atoms with E-state index < -0.39 is 0 Å². The van der Waals surface area contributed by atoms with Gasteiger partial charge in [-0.25, -0.2) is 0 Å². The highest BCUT2D eigenvalue weighted by atomic mass is 79.9. The fourth-order valence-electron chi connectivity index (χ4n) is 0.755. The van der Waals surface area contributed by atoms with E-state index in [1.807, 2.05) is 0 Å². The second-order valence-electron chi connectivity index (χ2n) is 2.09. The molecular weight excluding hydrogens is 244 g/mol. The molecule has 2 heteroatoms. The second-order valence-corrected chi connectivity index (χ2v) is 3.39. The highest BCUT2D eigenvalue weighted by Crippen LogP contribution is 2.13. The van der Waals surface area contributed by atoms with E-state index in [4.69, 9.17) is 0 Å². The van der Waals surface area contributed by atoms with Gasteiger partial charge in [-0.05, 0) is 18.8 Å². The Balaban J connectivity index is 3.18. The Morgan fingerprint density at radius 2 is 2.11 bits per heavy atom. The molecule has 0 aliphatic carbocycles. The van der Waals surface area contributed by atoms with Gasteiger partial charge in [0.1, 0.15) is 0 Å². The number of halogens is 2. The van der Waals surface area contributed by atoms with Crippen LogP contribution in [0.2, 0.25) is 0 Å². The first-order chi connectivity index (χ1) is 4.35. The average molecular weight is 257 g/mol. The molecule has 0 saturated heterocycles. The molecule has 1 radical (unpaired) electrons. The Hall–Kier alpha value is 0.960. The molecule has 9 heavy (non-hydrogen) atoms. The Morgan fingerprint density at radius 1 is 1.44 bits per heavy atom. The molecular formula is C7H13Br2. The molecule has 0 aliphatic rings. The fourth-order valence-corrected chi connectivity index (χ4v) is 1.87. The van der Waals surface area contributed by atoms with Gasteiger partial charge in [0.05, 0.1) is 0 Å². The van der Waals surface area contributed by atoms with Crippen molar-refractivity contribution in [1.29, 1.82) is 0 Å². The summed E-state index contributed by atoms with van der Waals surface area (Å²) in [5, 5.41) is 2.12. The number of hydrogen-bond donors (Lipinski definition) is 0. The van der Waals surface area contributed by atoms with Crippen LogP contribution in [-0.2, 0) is 0 Å². The van der Waals surface area contributed by atoms with Gasteiger partial charge in [-0.3, -0.25) is 0 Å². The zero-order valence-corrected chi connectivity index (χ0v) is 8.91. The molecule has 0 spiro atoms. The van der Waals surface area contributed by atoms with Crippen molar-refractivity contribution in [2.24, 2.45) is 5.92 Å². The van der Waals surface area contributed by atoms with Gasteiger partial charge in [0, 0.05) is 10.7 Å². The normalized spacial score (nSPS) is 13.7. The molecule has 55 valence electrons. The summed E-state index contributed by atoms with van der Waals surface area (Å²) in [6, 6.07) is 0. The van der Waals surface area contributed by atoms with Crippen molar-refractivity contribution in [2.45, 2.75) is 19.8 Å². The van der Waals surface area contributed by atoms with Crippen molar-refractivity contribution in [3.05, 3.63) is 6.42 Å². The zero-order chi connectivity index (χ0) is 7.11. The Labute approximate surface area is 74.7 Å². The zero-order valence-electron chi connectivity index (χ0n) is 5.74. The lowest BCUT2D eigenvalue weighted by molar-refractivity contribution is 0.611. The monoisotopic (exact) mass is 255 g/mol. The lowest BCUT2D eigenvalue weighted by Gasteiger charge is -2.08. The van der Waals surface area contributed by atoms with Crippen molar-refractivity contribution in [3.8, 4) is 0 Å². The van der Waals surface area contributed by atoms with E-state index in [1.54, 1.807) is 0 Å². The van der Waals surface area contributed by atoms with Gasteiger partial charge >= 0.3 is 0 Å². The van der Waals surface area contributed by atoms with Crippen LogP contribution in [-0.4, -0.2) is 10.7 Å². The van der Waals surface area contributed by atoms with Crippen molar-refractivity contribution >= 4 is 31.9 Å². The van der Waals surface area contributed by atoms with Gasteiger partial charge in [-0.1, -0.05) is 45.2 Å². The molecule has 0 nitrogen and oxygen atoms in total. The minimum atomic E-state index is 0.759. The maximum atomic E-state index is 3.47. The Bertz CT molecular complexity index is 48.9. The Kier molecular flexibility index (Phi) is 7.83. The molecule has 0 fully saturated rings. The third-order valence-corrected chi connectivity index (χ3v) is 2.49. The van der Waals surface area contributed by atoms with E-state index in [2.05, 4.69) is 45.2 Å². The van der Waals surface area contributed by atoms with Gasteiger partial charge in [0.2, 0.25) is 0 Å². The molecule has 1 unspecified atom stereocenters. The largest absolute Gasteiger partial charge is 0.0925 e. The summed E-state index contributed by atoms with van der Waals surface area (Å²) in [6.45, 7) is 2.22. The average Bonchev–Trinajstić information content (AvgIpc) is 1.88. The summed E-state index contributed by atoms with van der Waals surface area (Å²) >= 11 is 6.85. The summed E-state index contributed by atoms with van der Waals surface area (Å²) in [7, 11) is 0. The number of alkyl halides is 2. The van der Waals surface area contributed by atoms with E-state index in [0.29, 0.717) is 0 Å². The third kappa shape index (κ3) is 5.41. The van der Waals surface area contributed by atoms with Crippen LogP contribution in [0.1, 0.15) is 19.8 Å². The van der Waals surface area contributed by atoms with E-state index in [0.717, 1.165) is 16.6 Å². The van der Waals surface area contributed by atoms with Crippen molar-refractivity contribution in [2.75, 3.05) is 10.7 Å². The van der Waals surface area contributed by atoms with Gasteiger partial charge < -0.3 is 0 Å². The highest BCUT2D eigenvalue weighted by Gasteiger charge is 2.03. The van der Waals surface area contributed by atoms with Crippen LogP contribution in [0.4, 0.5) is 0 Å². The van der Waals surface area contributed by atoms with E-state index in [1.165, 1.54) is 12.8 Å². The van der Waals surface area contributed by atoms with E-state index >= 15 is 0 Å². The maximum absolute atomic E-state index is 3.47. The van der Waals surface area contributed by atoms with Crippen LogP contribution in [0.5, 0.6) is 0 Å². The molecule has 0 aliphatic heterocycles. The van der Waals surface area contributed by atoms with Crippen molar-refractivity contribution in [3.63, 3.8) is 0 Å². The minimum Gasteiger partial charge on any atom is -0.0925 e. The molecule has 0 bridgehead atoms. The maximum Gasteiger partial charge on any atom is 0.00656 e. The third-order valence-electron chi connectivity index (χ3n) is 1.28. The smallest absolute Gasteiger partial charge is 0.00656 e. The fraction of sp³-hybridized carbons (Fsp3) is 0.857. The van der Waals surface area contributed by atoms with Crippen LogP contribution in [0.25, 0.3) is 0 Å². The highest BCUT2D eigenvalue weighted by molar-refractivity contribution is 9.09. The summed E-state index contributed by atoms with van der Waals surface area (Å²) < 4.78 is 0. The van der Waals surface area contributed by atoms with Gasteiger partial charge in [0.25, 0.3) is 0 Å². The van der Waals surface area contributed by atoms with Crippen molar-refractivity contribution in [1.82, 2.24) is 0 Å². The van der Waals surface area contributed by atoms with Crippen LogP contribution in [0.15, 0.2) is 0 Å². The minimum absolute atomic E-state index is 0.759. The number of rotatable bonds is 5. The lowest BCUT2D eigenvalue weighted by Crippen LogP contribution is -2.02. The van der Waals surface area contributed by atoms with E-state index in [-0.39, 0.29) is 0 Å². The molecule has 0 amide bonds. The molecule has 0 N–H and O–H groups in total. The van der Waals surface area contributed by atoms with E-state index in [9.17, 15) is 0 Å². The van der Waals surface area contributed by atoms with Crippen LogP contribution in [0.3, 0.4) is 0 Å². The summed E-state index contributed by atoms with van der Waals surface area (Å²) in [5.74, 6) is 0.759. The first-order valence-corrected chi connectivity index (χ1v) is 5.54. The first-order valence-electron chi connectivity index (χ1n) is 3.30. The first kappa shape index (κ1) is 9.96. The molecule has 0 aromatic heterocycles. The predicted octanol–water partition coefficient (Wildman–Crippen LogP) is 3.40. The summed E-state index contributed by atoms with van der Waals surface area (Å²) in [4.78, 5) is 0. The van der Waals surface area contributed by atoms with Crippen LogP contribution >= 0.6 is 31.9 Å². The molecule has 0 heterocycles. The van der Waals surface area contributed by atoms with Crippen LogP contribution < -0.4 is 0 Å². The SMILES string of the molecule is CCCC([CH]CBr)CBr. The van der Waals surface area contributed by atoms with Gasteiger partial charge in [-0.2, -0.15) is 0 Å². The molecule has 0 saturated carbocycles. The second kappa shape index (κ2) is 7.07. The quantitative estimate of drug-likeness (QED) is 0.662.